The second-order valence-corrected chi connectivity index (χ2v) is 3.73. The van der Waals surface area contributed by atoms with Crippen molar-refractivity contribution in [1.29, 1.82) is 0 Å². The molecule has 1 heterocycles. The molecule has 2 rings (SSSR count). The molecule has 17 heavy (non-hydrogen) atoms. The standard InChI is InChI=1S/C13H15N3O/c1-3-11-9(2)12(16-13(14)15-11)17-10-7-5-4-6-8-10/h4-8H,3H2,1-2H3,(H2,14,15,16). The number of aromatic nitrogens is 2. The molecule has 0 atom stereocenters. The molecule has 0 spiro atoms. The molecular formula is C13H15N3O. The Balaban J connectivity index is 2.36. The molecule has 88 valence electrons. The second-order valence-electron chi connectivity index (χ2n) is 3.73. The molecule has 0 aliphatic carbocycles. The van der Waals surface area contributed by atoms with E-state index in [-0.39, 0.29) is 5.95 Å². The number of ether oxygens (including phenoxy) is 1. The van der Waals surface area contributed by atoms with Crippen molar-refractivity contribution < 1.29 is 4.74 Å². The Morgan fingerprint density at radius 3 is 2.53 bits per heavy atom. The van der Waals surface area contributed by atoms with Crippen LogP contribution in [0.5, 0.6) is 11.6 Å². The van der Waals surface area contributed by atoms with Crippen LogP contribution in [0.3, 0.4) is 0 Å². The summed E-state index contributed by atoms with van der Waals surface area (Å²) in [6.45, 7) is 3.97. The van der Waals surface area contributed by atoms with Gasteiger partial charge in [-0.1, -0.05) is 25.1 Å². The Morgan fingerprint density at radius 2 is 1.88 bits per heavy atom. The lowest BCUT2D eigenvalue weighted by Crippen LogP contribution is -2.04. The largest absolute Gasteiger partial charge is 0.439 e. The molecule has 0 saturated heterocycles. The van der Waals surface area contributed by atoms with Gasteiger partial charge in [0.25, 0.3) is 0 Å². The first-order chi connectivity index (χ1) is 8.20. The molecule has 4 heteroatoms. The maximum Gasteiger partial charge on any atom is 0.227 e. The summed E-state index contributed by atoms with van der Waals surface area (Å²) in [5.74, 6) is 1.52. The third-order valence-electron chi connectivity index (χ3n) is 2.51. The highest BCUT2D eigenvalue weighted by atomic mass is 16.5. The Labute approximate surface area is 100 Å². The molecule has 1 aromatic carbocycles. The summed E-state index contributed by atoms with van der Waals surface area (Å²) < 4.78 is 5.70. The number of nitrogen functional groups attached to an aromatic ring is 1. The summed E-state index contributed by atoms with van der Waals surface area (Å²) in [7, 11) is 0. The van der Waals surface area contributed by atoms with E-state index in [1.165, 1.54) is 0 Å². The van der Waals surface area contributed by atoms with E-state index in [1.54, 1.807) is 0 Å². The summed E-state index contributed by atoms with van der Waals surface area (Å²) >= 11 is 0. The number of nitrogens with two attached hydrogens (primary N) is 1. The van der Waals surface area contributed by atoms with E-state index in [0.717, 1.165) is 23.4 Å². The van der Waals surface area contributed by atoms with Crippen LogP contribution in [0.25, 0.3) is 0 Å². The molecule has 0 radical (unpaired) electrons. The average molecular weight is 229 g/mol. The van der Waals surface area contributed by atoms with Crippen molar-refractivity contribution in [3.05, 3.63) is 41.6 Å². The number of hydrogen-bond acceptors (Lipinski definition) is 4. The lowest BCUT2D eigenvalue weighted by Gasteiger charge is -2.10. The smallest absolute Gasteiger partial charge is 0.227 e. The highest BCUT2D eigenvalue weighted by Crippen LogP contribution is 2.25. The summed E-state index contributed by atoms with van der Waals surface area (Å²) in [6, 6.07) is 9.52. The first-order valence-electron chi connectivity index (χ1n) is 5.56. The number of benzene rings is 1. The molecule has 0 fully saturated rings. The van der Waals surface area contributed by atoms with Gasteiger partial charge in [0.15, 0.2) is 0 Å². The molecule has 2 N–H and O–H groups in total. The van der Waals surface area contributed by atoms with E-state index >= 15 is 0 Å². The fourth-order valence-corrected chi connectivity index (χ4v) is 1.60. The van der Waals surface area contributed by atoms with Crippen molar-refractivity contribution in [3.8, 4) is 11.6 Å². The second kappa shape index (κ2) is 4.82. The van der Waals surface area contributed by atoms with Gasteiger partial charge >= 0.3 is 0 Å². The van der Waals surface area contributed by atoms with E-state index < -0.39 is 0 Å². The van der Waals surface area contributed by atoms with Crippen LogP contribution in [0.1, 0.15) is 18.2 Å². The van der Waals surface area contributed by atoms with Gasteiger partial charge in [0.2, 0.25) is 11.8 Å². The zero-order chi connectivity index (χ0) is 12.3. The van der Waals surface area contributed by atoms with Crippen LogP contribution in [0.15, 0.2) is 30.3 Å². The summed E-state index contributed by atoms with van der Waals surface area (Å²) in [4.78, 5) is 8.30. The van der Waals surface area contributed by atoms with Gasteiger partial charge in [-0.25, -0.2) is 4.98 Å². The van der Waals surface area contributed by atoms with E-state index in [4.69, 9.17) is 10.5 Å². The molecule has 4 nitrogen and oxygen atoms in total. The van der Waals surface area contributed by atoms with E-state index in [2.05, 4.69) is 9.97 Å². The van der Waals surface area contributed by atoms with E-state index in [9.17, 15) is 0 Å². The third kappa shape index (κ3) is 2.53. The van der Waals surface area contributed by atoms with Crippen LogP contribution in [0, 0.1) is 6.92 Å². The molecular weight excluding hydrogens is 214 g/mol. The van der Waals surface area contributed by atoms with Crippen LogP contribution < -0.4 is 10.5 Å². The number of hydrogen-bond donors (Lipinski definition) is 1. The molecule has 0 saturated carbocycles. The van der Waals surface area contributed by atoms with Gasteiger partial charge in [-0.05, 0) is 25.5 Å². The minimum Gasteiger partial charge on any atom is -0.439 e. The quantitative estimate of drug-likeness (QED) is 0.879. The highest BCUT2D eigenvalue weighted by Gasteiger charge is 2.10. The summed E-state index contributed by atoms with van der Waals surface area (Å²) in [6.07, 6.45) is 0.809. The Kier molecular flexibility index (Phi) is 3.23. The van der Waals surface area contributed by atoms with Crippen LogP contribution in [0.4, 0.5) is 5.95 Å². The number of aryl methyl sites for hydroxylation is 1. The Morgan fingerprint density at radius 1 is 1.18 bits per heavy atom. The van der Waals surface area contributed by atoms with Gasteiger partial charge in [-0.3, -0.25) is 0 Å². The minimum absolute atomic E-state index is 0.249. The lowest BCUT2D eigenvalue weighted by molar-refractivity contribution is 0.457. The Bertz CT molecular complexity index is 512. The van der Waals surface area contributed by atoms with Crippen molar-refractivity contribution >= 4 is 5.95 Å². The SMILES string of the molecule is CCc1nc(N)nc(Oc2ccccc2)c1C. The number of nitrogens with zero attached hydrogens (tertiary/aromatic N) is 2. The maximum absolute atomic E-state index is 5.70. The molecule has 0 aliphatic rings. The molecule has 1 aromatic heterocycles. The van der Waals surface area contributed by atoms with Crippen LogP contribution in [-0.4, -0.2) is 9.97 Å². The van der Waals surface area contributed by atoms with Crippen molar-refractivity contribution in [1.82, 2.24) is 9.97 Å². The van der Waals surface area contributed by atoms with E-state index in [0.29, 0.717) is 5.88 Å². The van der Waals surface area contributed by atoms with Crippen molar-refractivity contribution in [2.45, 2.75) is 20.3 Å². The van der Waals surface area contributed by atoms with E-state index in [1.807, 2.05) is 44.2 Å². The first kappa shape index (κ1) is 11.4. The third-order valence-corrected chi connectivity index (χ3v) is 2.51. The van der Waals surface area contributed by atoms with Gasteiger partial charge in [0, 0.05) is 5.56 Å². The molecule has 0 unspecified atom stereocenters. The zero-order valence-corrected chi connectivity index (χ0v) is 9.97. The normalized spacial score (nSPS) is 10.2. The van der Waals surface area contributed by atoms with Gasteiger partial charge in [0.05, 0.1) is 5.69 Å². The molecule has 2 aromatic rings. The van der Waals surface area contributed by atoms with Gasteiger partial charge in [-0.15, -0.1) is 0 Å². The Hall–Kier alpha value is -2.10. The zero-order valence-electron chi connectivity index (χ0n) is 9.97. The molecule has 0 aliphatic heterocycles. The van der Waals surface area contributed by atoms with Crippen molar-refractivity contribution in [2.24, 2.45) is 0 Å². The topological polar surface area (TPSA) is 61.0 Å². The van der Waals surface area contributed by atoms with Crippen LogP contribution in [-0.2, 0) is 6.42 Å². The van der Waals surface area contributed by atoms with Gasteiger partial charge < -0.3 is 10.5 Å². The maximum atomic E-state index is 5.70. The molecule has 0 amide bonds. The minimum atomic E-state index is 0.249. The average Bonchev–Trinajstić information content (AvgIpc) is 2.34. The van der Waals surface area contributed by atoms with Crippen LogP contribution in [0.2, 0.25) is 0 Å². The summed E-state index contributed by atoms with van der Waals surface area (Å²) in [5.41, 5.74) is 7.51. The van der Waals surface area contributed by atoms with Gasteiger partial charge in [0.1, 0.15) is 5.75 Å². The lowest BCUT2D eigenvalue weighted by atomic mass is 10.2. The summed E-state index contributed by atoms with van der Waals surface area (Å²) in [5, 5.41) is 0. The fourth-order valence-electron chi connectivity index (χ4n) is 1.60. The molecule has 0 bridgehead atoms. The van der Waals surface area contributed by atoms with Crippen molar-refractivity contribution in [2.75, 3.05) is 5.73 Å². The first-order valence-corrected chi connectivity index (χ1v) is 5.56. The van der Waals surface area contributed by atoms with Crippen LogP contribution >= 0.6 is 0 Å². The predicted octanol–water partition coefficient (Wildman–Crippen LogP) is 2.72. The number of para-hydroxylation sites is 1. The predicted molar refractivity (Wildman–Crippen MR) is 67.1 cm³/mol. The number of rotatable bonds is 3. The highest BCUT2D eigenvalue weighted by molar-refractivity contribution is 5.38. The number of anilines is 1. The fraction of sp³-hybridized carbons (Fsp3) is 0.231. The van der Waals surface area contributed by atoms with Gasteiger partial charge in [-0.2, -0.15) is 4.98 Å². The van der Waals surface area contributed by atoms with Crippen molar-refractivity contribution in [3.63, 3.8) is 0 Å². The monoisotopic (exact) mass is 229 g/mol.